The maximum atomic E-state index is 6.21. The van der Waals surface area contributed by atoms with E-state index in [2.05, 4.69) is 31.4 Å². The molecule has 0 radical (unpaired) electrons. The molecular weight excluding hydrogens is 378 g/mol. The first-order valence-electron chi connectivity index (χ1n) is 7.20. The lowest BCUT2D eigenvalue weighted by Gasteiger charge is -2.14. The van der Waals surface area contributed by atoms with Gasteiger partial charge in [-0.25, -0.2) is 0 Å². The first-order valence-corrected chi connectivity index (χ1v) is 8.37. The molecule has 0 aliphatic heterocycles. The predicted octanol–water partition coefficient (Wildman–Crippen LogP) is 5.00. The minimum atomic E-state index is 0.0857. The van der Waals surface area contributed by atoms with Gasteiger partial charge in [-0.1, -0.05) is 41.9 Å². The van der Waals surface area contributed by atoms with E-state index < -0.39 is 0 Å². The average molecular weight is 393 g/mol. The van der Waals surface area contributed by atoms with E-state index in [9.17, 15) is 0 Å². The van der Waals surface area contributed by atoms with E-state index in [4.69, 9.17) is 16.0 Å². The van der Waals surface area contributed by atoms with Gasteiger partial charge >= 0.3 is 0 Å². The Bertz CT molecular complexity index is 806. The molecule has 0 unspecified atom stereocenters. The molecule has 0 saturated carbocycles. The summed E-state index contributed by atoms with van der Waals surface area (Å²) in [4.78, 5) is 0. The molecule has 0 fully saturated rings. The van der Waals surface area contributed by atoms with Crippen molar-refractivity contribution in [2.24, 2.45) is 0 Å². The van der Waals surface area contributed by atoms with E-state index in [1.807, 2.05) is 55.5 Å². The maximum absolute atomic E-state index is 6.21. The van der Waals surface area contributed by atoms with Gasteiger partial charge in [-0.2, -0.15) is 0 Å². The average Bonchev–Trinajstić information content (AvgIpc) is 3.02. The molecule has 0 aliphatic carbocycles. The van der Waals surface area contributed by atoms with Crippen molar-refractivity contribution in [2.45, 2.75) is 19.5 Å². The highest BCUT2D eigenvalue weighted by Gasteiger charge is 2.13. The topological polar surface area (TPSA) is 51.0 Å². The monoisotopic (exact) mass is 391 g/mol. The van der Waals surface area contributed by atoms with Gasteiger partial charge in [0.25, 0.3) is 0 Å². The number of benzene rings is 2. The van der Waals surface area contributed by atoms with Crippen LogP contribution >= 0.6 is 27.5 Å². The SMILES string of the molecule is C[C@H](NCc1nnc(-c2ccccc2Br)o1)c1ccccc1Cl. The Morgan fingerprint density at radius 3 is 2.65 bits per heavy atom. The Labute approximate surface area is 148 Å². The van der Waals surface area contributed by atoms with Crippen LogP contribution in [-0.2, 0) is 6.54 Å². The van der Waals surface area contributed by atoms with Gasteiger partial charge in [-0.05, 0) is 46.6 Å². The lowest BCUT2D eigenvalue weighted by Crippen LogP contribution is -2.18. The van der Waals surface area contributed by atoms with Gasteiger partial charge in [0.2, 0.25) is 11.8 Å². The lowest BCUT2D eigenvalue weighted by atomic mass is 10.1. The van der Waals surface area contributed by atoms with Crippen LogP contribution in [0.4, 0.5) is 0 Å². The zero-order valence-electron chi connectivity index (χ0n) is 12.5. The van der Waals surface area contributed by atoms with Crippen molar-refractivity contribution in [3.05, 3.63) is 69.5 Å². The molecular formula is C17H15BrClN3O. The van der Waals surface area contributed by atoms with E-state index in [0.29, 0.717) is 18.3 Å². The molecule has 6 heteroatoms. The third kappa shape index (κ3) is 3.80. The van der Waals surface area contributed by atoms with Crippen LogP contribution < -0.4 is 5.32 Å². The molecule has 2 aromatic carbocycles. The summed E-state index contributed by atoms with van der Waals surface area (Å²) >= 11 is 9.69. The second-order valence-corrected chi connectivity index (χ2v) is 6.37. The molecule has 3 aromatic rings. The van der Waals surface area contributed by atoms with Crippen LogP contribution in [0.2, 0.25) is 5.02 Å². The van der Waals surface area contributed by atoms with Crippen molar-refractivity contribution in [1.82, 2.24) is 15.5 Å². The zero-order valence-corrected chi connectivity index (χ0v) is 14.8. The highest BCUT2D eigenvalue weighted by molar-refractivity contribution is 9.10. The van der Waals surface area contributed by atoms with Gasteiger partial charge in [-0.3, -0.25) is 0 Å². The summed E-state index contributed by atoms with van der Waals surface area (Å²) in [7, 11) is 0. The molecule has 0 amide bonds. The predicted molar refractivity (Wildman–Crippen MR) is 94.1 cm³/mol. The molecule has 0 bridgehead atoms. The summed E-state index contributed by atoms with van der Waals surface area (Å²) < 4.78 is 6.64. The summed E-state index contributed by atoms with van der Waals surface area (Å²) in [5.74, 6) is 1.04. The molecule has 23 heavy (non-hydrogen) atoms. The minimum absolute atomic E-state index is 0.0857. The second-order valence-electron chi connectivity index (χ2n) is 5.10. The summed E-state index contributed by atoms with van der Waals surface area (Å²) in [5, 5.41) is 12.3. The van der Waals surface area contributed by atoms with E-state index in [1.54, 1.807) is 0 Å². The summed E-state index contributed by atoms with van der Waals surface area (Å²) in [5.41, 5.74) is 1.92. The Morgan fingerprint density at radius 1 is 1.13 bits per heavy atom. The molecule has 0 spiro atoms. The van der Waals surface area contributed by atoms with Crippen LogP contribution in [0.5, 0.6) is 0 Å². The molecule has 3 rings (SSSR count). The molecule has 4 nitrogen and oxygen atoms in total. The number of rotatable bonds is 5. The van der Waals surface area contributed by atoms with Gasteiger partial charge in [0.1, 0.15) is 0 Å². The fourth-order valence-corrected chi connectivity index (χ4v) is 3.00. The van der Waals surface area contributed by atoms with E-state index in [1.165, 1.54) is 0 Å². The number of hydrogen-bond donors (Lipinski definition) is 1. The zero-order chi connectivity index (χ0) is 16.2. The Hall–Kier alpha value is -1.69. The Balaban J connectivity index is 1.68. The number of nitrogens with one attached hydrogen (secondary N) is 1. The fourth-order valence-electron chi connectivity index (χ4n) is 2.25. The summed E-state index contributed by atoms with van der Waals surface area (Å²) in [6.45, 7) is 2.52. The fraction of sp³-hybridized carbons (Fsp3) is 0.176. The third-order valence-corrected chi connectivity index (χ3v) is 4.54. The minimum Gasteiger partial charge on any atom is -0.419 e. The summed E-state index contributed by atoms with van der Waals surface area (Å²) in [6, 6.07) is 15.6. The van der Waals surface area contributed by atoms with Crippen molar-refractivity contribution < 1.29 is 4.42 Å². The number of nitrogens with zero attached hydrogens (tertiary/aromatic N) is 2. The Kier molecular flexibility index (Phi) is 5.10. The molecule has 0 saturated heterocycles. The first-order chi connectivity index (χ1) is 11.1. The maximum Gasteiger partial charge on any atom is 0.248 e. The van der Waals surface area contributed by atoms with Crippen LogP contribution in [0, 0.1) is 0 Å². The van der Waals surface area contributed by atoms with Crippen molar-refractivity contribution in [3.8, 4) is 11.5 Å². The second kappa shape index (κ2) is 7.25. The number of aromatic nitrogens is 2. The van der Waals surface area contributed by atoms with Gasteiger partial charge in [0, 0.05) is 15.5 Å². The third-order valence-electron chi connectivity index (χ3n) is 3.50. The van der Waals surface area contributed by atoms with Gasteiger partial charge < -0.3 is 9.73 Å². The number of halogens is 2. The highest BCUT2D eigenvalue weighted by Crippen LogP contribution is 2.27. The highest BCUT2D eigenvalue weighted by atomic mass is 79.9. The van der Waals surface area contributed by atoms with Crippen molar-refractivity contribution in [2.75, 3.05) is 0 Å². The van der Waals surface area contributed by atoms with Crippen molar-refractivity contribution in [1.29, 1.82) is 0 Å². The van der Waals surface area contributed by atoms with Gasteiger partial charge in [0.15, 0.2) is 0 Å². The molecule has 1 atom stereocenters. The molecule has 0 aliphatic rings. The van der Waals surface area contributed by atoms with E-state index in [0.717, 1.165) is 20.6 Å². The van der Waals surface area contributed by atoms with Gasteiger partial charge in [-0.15, -0.1) is 10.2 Å². The van der Waals surface area contributed by atoms with Crippen LogP contribution in [0.25, 0.3) is 11.5 Å². The van der Waals surface area contributed by atoms with Gasteiger partial charge in [0.05, 0.1) is 12.1 Å². The number of hydrogen-bond acceptors (Lipinski definition) is 4. The summed E-state index contributed by atoms with van der Waals surface area (Å²) in [6.07, 6.45) is 0. The standard InChI is InChI=1S/C17H15BrClN3O/c1-11(12-6-3-5-9-15(12)19)20-10-16-21-22-17(23-16)13-7-2-4-8-14(13)18/h2-9,11,20H,10H2,1H3/t11-/m0/s1. The quantitative estimate of drug-likeness (QED) is 0.663. The molecule has 118 valence electrons. The Morgan fingerprint density at radius 2 is 1.87 bits per heavy atom. The largest absolute Gasteiger partial charge is 0.419 e. The van der Waals surface area contributed by atoms with E-state index >= 15 is 0 Å². The van der Waals surface area contributed by atoms with E-state index in [-0.39, 0.29) is 6.04 Å². The normalized spacial score (nSPS) is 12.3. The van der Waals surface area contributed by atoms with Crippen LogP contribution in [0.15, 0.2) is 57.4 Å². The van der Waals surface area contributed by atoms with Crippen LogP contribution in [0.1, 0.15) is 24.4 Å². The molecule has 1 aromatic heterocycles. The van der Waals surface area contributed by atoms with Crippen molar-refractivity contribution >= 4 is 27.5 Å². The smallest absolute Gasteiger partial charge is 0.248 e. The first kappa shape index (κ1) is 16.2. The molecule has 1 N–H and O–H groups in total. The molecule has 1 heterocycles. The van der Waals surface area contributed by atoms with Crippen molar-refractivity contribution in [3.63, 3.8) is 0 Å². The van der Waals surface area contributed by atoms with Crippen LogP contribution in [0.3, 0.4) is 0 Å². The van der Waals surface area contributed by atoms with Crippen LogP contribution in [-0.4, -0.2) is 10.2 Å². The lowest BCUT2D eigenvalue weighted by molar-refractivity contribution is 0.454.